The van der Waals surface area contributed by atoms with Gasteiger partial charge in [0.1, 0.15) is 17.4 Å². The molecule has 21 heavy (non-hydrogen) atoms. The Morgan fingerprint density at radius 3 is 2.57 bits per heavy atom. The predicted octanol–water partition coefficient (Wildman–Crippen LogP) is 3.99. The second-order valence-electron chi connectivity index (χ2n) is 4.32. The number of benzene rings is 1. The van der Waals surface area contributed by atoms with Crippen LogP contribution in [-0.4, -0.2) is 5.91 Å². The minimum absolute atomic E-state index is 0.000294. The lowest BCUT2D eigenvalue weighted by Gasteiger charge is -2.04. The summed E-state index contributed by atoms with van der Waals surface area (Å²) >= 11 is 2.02. The summed E-state index contributed by atoms with van der Waals surface area (Å²) < 4.78 is 6.03. The summed E-state index contributed by atoms with van der Waals surface area (Å²) in [4.78, 5) is 12.1. The topological polar surface area (TPSA) is 66.0 Å². The van der Waals surface area contributed by atoms with E-state index in [4.69, 9.17) is 9.68 Å². The van der Waals surface area contributed by atoms with E-state index < -0.39 is 5.91 Å². The van der Waals surface area contributed by atoms with E-state index in [0.29, 0.717) is 15.2 Å². The molecule has 0 saturated carbocycles. The number of nitriles is 1. The van der Waals surface area contributed by atoms with Gasteiger partial charge in [0.2, 0.25) is 0 Å². The Hall–Kier alpha value is -2.07. The summed E-state index contributed by atoms with van der Waals surface area (Å²) in [6, 6.07) is 12.9. The first-order valence-electron chi connectivity index (χ1n) is 6.40. The van der Waals surface area contributed by atoms with Crippen LogP contribution >= 0.6 is 22.6 Å². The maximum Gasteiger partial charge on any atom is 0.266 e. The van der Waals surface area contributed by atoms with Crippen molar-refractivity contribution < 1.29 is 9.21 Å². The average Bonchev–Trinajstić information content (AvgIpc) is 2.90. The maximum absolute atomic E-state index is 12.1. The Kier molecular flexibility index (Phi) is 5.17. The Morgan fingerprint density at radius 2 is 2.05 bits per heavy atom. The highest BCUT2D eigenvalue weighted by molar-refractivity contribution is 14.1. The first-order chi connectivity index (χ1) is 10.1. The van der Waals surface area contributed by atoms with Gasteiger partial charge in [-0.1, -0.05) is 19.1 Å². The first-order valence-corrected chi connectivity index (χ1v) is 7.47. The number of carbonyl (C=O) groups excluding carboxylic acids is 1. The maximum atomic E-state index is 12.1. The second kappa shape index (κ2) is 7.09. The van der Waals surface area contributed by atoms with Gasteiger partial charge < -0.3 is 9.73 Å². The minimum atomic E-state index is -0.451. The van der Waals surface area contributed by atoms with Crippen LogP contribution < -0.4 is 5.32 Å². The van der Waals surface area contributed by atoms with Crippen LogP contribution in [0.1, 0.15) is 18.2 Å². The average molecular weight is 392 g/mol. The van der Waals surface area contributed by atoms with Gasteiger partial charge in [-0.25, -0.2) is 0 Å². The van der Waals surface area contributed by atoms with Gasteiger partial charge in [0.15, 0.2) is 3.77 Å². The van der Waals surface area contributed by atoms with Gasteiger partial charge in [0, 0.05) is 11.8 Å². The zero-order valence-electron chi connectivity index (χ0n) is 11.4. The van der Waals surface area contributed by atoms with Crippen LogP contribution in [0.4, 0.5) is 5.69 Å². The molecule has 0 atom stereocenters. The summed E-state index contributed by atoms with van der Waals surface area (Å²) in [5.41, 5.74) is 1.85. The number of rotatable bonds is 4. The predicted molar refractivity (Wildman–Crippen MR) is 89.5 cm³/mol. The van der Waals surface area contributed by atoms with E-state index >= 15 is 0 Å². The molecule has 0 radical (unpaired) electrons. The first kappa shape index (κ1) is 15.3. The molecule has 4 nitrogen and oxygen atoms in total. The normalized spacial score (nSPS) is 11.0. The molecule has 1 aromatic heterocycles. The number of hydrogen-bond donors (Lipinski definition) is 1. The number of anilines is 1. The van der Waals surface area contributed by atoms with Crippen LogP contribution in [0.25, 0.3) is 6.08 Å². The lowest BCUT2D eigenvalue weighted by atomic mass is 10.1. The highest BCUT2D eigenvalue weighted by Gasteiger charge is 2.10. The van der Waals surface area contributed by atoms with Gasteiger partial charge in [0.25, 0.3) is 5.91 Å². The third-order valence-corrected chi connectivity index (χ3v) is 3.45. The Balaban J connectivity index is 2.13. The lowest BCUT2D eigenvalue weighted by molar-refractivity contribution is -0.112. The molecule has 1 amide bonds. The van der Waals surface area contributed by atoms with Crippen molar-refractivity contribution in [2.75, 3.05) is 5.32 Å². The van der Waals surface area contributed by atoms with Crippen molar-refractivity contribution in [3.05, 3.63) is 57.1 Å². The zero-order valence-corrected chi connectivity index (χ0v) is 13.5. The fraction of sp³-hybridized carbons (Fsp3) is 0.125. The van der Waals surface area contributed by atoms with Crippen molar-refractivity contribution >= 4 is 40.3 Å². The molecule has 0 saturated heterocycles. The van der Waals surface area contributed by atoms with Crippen molar-refractivity contribution in [2.24, 2.45) is 0 Å². The highest BCUT2D eigenvalue weighted by atomic mass is 127. The van der Waals surface area contributed by atoms with Gasteiger partial charge in [-0.3, -0.25) is 4.79 Å². The molecule has 0 bridgehead atoms. The van der Waals surface area contributed by atoms with E-state index in [1.54, 1.807) is 12.1 Å². The SMILES string of the molecule is CCc1ccc(NC(=O)/C(C#N)=C\c2ccc(I)o2)cc1. The molecule has 1 aromatic carbocycles. The van der Waals surface area contributed by atoms with Gasteiger partial charge in [-0.2, -0.15) is 5.26 Å². The number of carbonyl (C=O) groups is 1. The number of furan rings is 1. The molecule has 2 aromatic rings. The molecule has 5 heteroatoms. The largest absolute Gasteiger partial charge is 0.451 e. The van der Waals surface area contributed by atoms with Crippen molar-refractivity contribution in [2.45, 2.75) is 13.3 Å². The van der Waals surface area contributed by atoms with Crippen molar-refractivity contribution in [1.29, 1.82) is 5.26 Å². The number of nitrogens with one attached hydrogen (secondary N) is 1. The molecule has 0 aliphatic carbocycles. The summed E-state index contributed by atoms with van der Waals surface area (Å²) in [5, 5.41) is 11.8. The van der Waals surface area contributed by atoms with Gasteiger partial charge in [0.05, 0.1) is 0 Å². The smallest absolute Gasteiger partial charge is 0.266 e. The van der Waals surface area contributed by atoms with Crippen LogP contribution in [0.15, 0.2) is 46.4 Å². The molecule has 1 N–H and O–H groups in total. The standard InChI is InChI=1S/C16H13IN2O2/c1-2-11-3-5-13(6-4-11)19-16(20)12(10-18)9-14-7-8-15(17)21-14/h3-9H,2H2,1H3,(H,19,20)/b12-9-. The number of halogens is 1. The molecule has 106 valence electrons. The number of aryl methyl sites for hydroxylation is 1. The molecule has 0 spiro atoms. The second-order valence-corrected chi connectivity index (χ2v) is 5.38. The number of amides is 1. The minimum Gasteiger partial charge on any atom is -0.451 e. The highest BCUT2D eigenvalue weighted by Crippen LogP contribution is 2.15. The summed E-state index contributed by atoms with van der Waals surface area (Å²) in [7, 11) is 0. The van der Waals surface area contributed by atoms with E-state index in [1.165, 1.54) is 11.6 Å². The van der Waals surface area contributed by atoms with Gasteiger partial charge in [-0.05, 0) is 58.8 Å². The Labute approximate surface area is 136 Å². The van der Waals surface area contributed by atoms with Crippen LogP contribution in [-0.2, 0) is 11.2 Å². The van der Waals surface area contributed by atoms with E-state index in [0.717, 1.165) is 6.42 Å². The monoisotopic (exact) mass is 392 g/mol. The molecular formula is C16H13IN2O2. The van der Waals surface area contributed by atoms with Crippen LogP contribution in [0.2, 0.25) is 0 Å². The van der Waals surface area contributed by atoms with Crippen molar-refractivity contribution in [1.82, 2.24) is 0 Å². The van der Waals surface area contributed by atoms with Crippen LogP contribution in [0.3, 0.4) is 0 Å². The lowest BCUT2D eigenvalue weighted by Crippen LogP contribution is -2.13. The fourth-order valence-electron chi connectivity index (χ4n) is 1.72. The number of nitrogens with zero attached hydrogens (tertiary/aromatic N) is 1. The third-order valence-electron chi connectivity index (χ3n) is 2.87. The Morgan fingerprint density at radius 1 is 1.33 bits per heavy atom. The van der Waals surface area contributed by atoms with Crippen molar-refractivity contribution in [3.63, 3.8) is 0 Å². The van der Waals surface area contributed by atoms with Gasteiger partial charge in [-0.15, -0.1) is 0 Å². The molecule has 0 aliphatic rings. The molecule has 1 heterocycles. The van der Waals surface area contributed by atoms with Crippen LogP contribution in [0, 0.1) is 15.1 Å². The van der Waals surface area contributed by atoms with Gasteiger partial charge >= 0.3 is 0 Å². The summed E-state index contributed by atoms with van der Waals surface area (Å²) in [6.45, 7) is 2.06. The number of hydrogen-bond acceptors (Lipinski definition) is 3. The quantitative estimate of drug-likeness (QED) is 0.486. The van der Waals surface area contributed by atoms with Crippen LogP contribution in [0.5, 0.6) is 0 Å². The third kappa shape index (κ3) is 4.20. The summed E-state index contributed by atoms with van der Waals surface area (Å²) in [5.74, 6) is 0.0283. The fourth-order valence-corrected chi connectivity index (χ4v) is 2.15. The molecule has 0 aliphatic heterocycles. The zero-order chi connectivity index (χ0) is 15.2. The molecule has 0 fully saturated rings. The van der Waals surface area contributed by atoms with E-state index in [9.17, 15) is 4.79 Å². The van der Waals surface area contributed by atoms with E-state index in [2.05, 4.69) is 12.2 Å². The Bertz CT molecular complexity index is 709. The van der Waals surface area contributed by atoms with E-state index in [1.807, 2.05) is 52.9 Å². The summed E-state index contributed by atoms with van der Waals surface area (Å²) in [6.07, 6.45) is 2.37. The van der Waals surface area contributed by atoms with Crippen molar-refractivity contribution in [3.8, 4) is 6.07 Å². The molecule has 2 rings (SSSR count). The van der Waals surface area contributed by atoms with E-state index in [-0.39, 0.29) is 5.57 Å². The molecule has 0 unspecified atom stereocenters. The molecular weight excluding hydrogens is 379 g/mol.